The van der Waals surface area contributed by atoms with Gasteiger partial charge < -0.3 is 15.2 Å². The number of hydrogen-bond donors (Lipinski definition) is 1. The van der Waals surface area contributed by atoms with Crippen LogP contribution in [0.3, 0.4) is 0 Å². The van der Waals surface area contributed by atoms with Crippen molar-refractivity contribution in [2.75, 3.05) is 20.3 Å². The third-order valence-corrected chi connectivity index (χ3v) is 3.76. The molecule has 10 heteroatoms. The Morgan fingerprint density at radius 3 is 2.43 bits per heavy atom. The van der Waals surface area contributed by atoms with Gasteiger partial charge in [-0.1, -0.05) is 0 Å². The van der Waals surface area contributed by atoms with Crippen LogP contribution in [-0.2, 0) is 6.18 Å². The van der Waals surface area contributed by atoms with Crippen LogP contribution in [0.4, 0.5) is 13.2 Å². The van der Waals surface area contributed by atoms with E-state index in [1.165, 1.54) is 19.4 Å². The average Bonchev–Trinajstić information content (AvgIpc) is 3.15. The third kappa shape index (κ3) is 4.39. The van der Waals surface area contributed by atoms with E-state index in [4.69, 9.17) is 15.2 Å². The molecule has 0 spiro atoms. The van der Waals surface area contributed by atoms with Gasteiger partial charge in [-0.25, -0.2) is 14.6 Å². The third-order valence-electron chi connectivity index (χ3n) is 3.76. The zero-order valence-electron chi connectivity index (χ0n) is 15.0. The molecule has 148 valence electrons. The summed E-state index contributed by atoms with van der Waals surface area (Å²) < 4.78 is 51.1. The van der Waals surface area contributed by atoms with Crippen molar-refractivity contribution in [1.82, 2.24) is 19.7 Å². The molecule has 0 aliphatic carbocycles. The fourth-order valence-corrected chi connectivity index (χ4v) is 2.39. The molecule has 0 saturated carbocycles. The summed E-state index contributed by atoms with van der Waals surface area (Å²) in [5.74, 6) is -0.278. The highest BCUT2D eigenvalue weighted by atomic mass is 19.4. The molecule has 0 radical (unpaired) electrons. The molecule has 1 aromatic carbocycles. The molecule has 0 aliphatic heterocycles. The Balaban J connectivity index is 1.97. The van der Waals surface area contributed by atoms with Gasteiger partial charge >= 0.3 is 6.18 Å². The molecule has 0 fully saturated rings. The molecule has 3 aromatic rings. The van der Waals surface area contributed by atoms with Crippen molar-refractivity contribution in [2.45, 2.75) is 12.6 Å². The summed E-state index contributed by atoms with van der Waals surface area (Å²) in [5.41, 5.74) is 6.19. The molecule has 0 unspecified atom stereocenters. The number of aromatic nitrogens is 4. The molecule has 0 amide bonds. The van der Waals surface area contributed by atoms with E-state index in [-0.39, 0.29) is 5.82 Å². The molecule has 28 heavy (non-hydrogen) atoms. The number of halogens is 3. The van der Waals surface area contributed by atoms with Crippen molar-refractivity contribution >= 4 is 0 Å². The molecule has 2 N–H and O–H groups in total. The number of nitrogens with zero attached hydrogens (tertiary/aromatic N) is 4. The highest BCUT2D eigenvalue weighted by Crippen LogP contribution is 2.31. The lowest BCUT2D eigenvalue weighted by atomic mass is 10.2. The summed E-state index contributed by atoms with van der Waals surface area (Å²) in [5, 5.41) is 3.62. The quantitative estimate of drug-likeness (QED) is 0.621. The van der Waals surface area contributed by atoms with Gasteiger partial charge in [0.1, 0.15) is 5.75 Å². The molecular weight excluding hydrogens is 375 g/mol. The SMILES string of the molecule is COc1ccc(-n2nc(C(F)(F)F)nc2-c2ccc(OCCCN)cc2)cn1. The second kappa shape index (κ2) is 8.26. The van der Waals surface area contributed by atoms with Gasteiger partial charge in [-0.3, -0.25) is 0 Å². The molecule has 2 aromatic heterocycles. The van der Waals surface area contributed by atoms with Crippen LogP contribution >= 0.6 is 0 Å². The van der Waals surface area contributed by atoms with Gasteiger partial charge in [-0.05, 0) is 43.3 Å². The van der Waals surface area contributed by atoms with Crippen molar-refractivity contribution in [1.29, 1.82) is 0 Å². The summed E-state index contributed by atoms with van der Waals surface area (Å²) >= 11 is 0. The highest BCUT2D eigenvalue weighted by Gasteiger charge is 2.37. The van der Waals surface area contributed by atoms with Gasteiger partial charge in [-0.2, -0.15) is 13.2 Å². The Morgan fingerprint density at radius 1 is 1.11 bits per heavy atom. The second-order valence-electron chi connectivity index (χ2n) is 5.74. The molecular formula is C18H18F3N5O2. The van der Waals surface area contributed by atoms with Crippen LogP contribution in [0.1, 0.15) is 12.2 Å². The highest BCUT2D eigenvalue weighted by molar-refractivity contribution is 5.59. The van der Waals surface area contributed by atoms with Crippen LogP contribution in [0.5, 0.6) is 11.6 Å². The van der Waals surface area contributed by atoms with Crippen LogP contribution in [-0.4, -0.2) is 40.0 Å². The first kappa shape index (κ1) is 19.6. The number of methoxy groups -OCH3 is 1. The Hall–Kier alpha value is -3.14. The van der Waals surface area contributed by atoms with E-state index in [0.29, 0.717) is 42.5 Å². The first-order valence-electron chi connectivity index (χ1n) is 8.40. The van der Waals surface area contributed by atoms with E-state index < -0.39 is 12.0 Å². The number of hydrogen-bond acceptors (Lipinski definition) is 6. The first-order chi connectivity index (χ1) is 13.4. The Kier molecular flexibility index (Phi) is 5.78. The summed E-state index contributed by atoms with van der Waals surface area (Å²) in [6.45, 7) is 0.971. The maximum absolute atomic E-state index is 13.2. The van der Waals surface area contributed by atoms with E-state index in [0.717, 1.165) is 4.68 Å². The predicted molar refractivity (Wildman–Crippen MR) is 95.3 cm³/mol. The lowest BCUT2D eigenvalue weighted by Crippen LogP contribution is -2.08. The van der Waals surface area contributed by atoms with Crippen molar-refractivity contribution in [3.63, 3.8) is 0 Å². The maximum atomic E-state index is 13.2. The van der Waals surface area contributed by atoms with Crippen LogP contribution < -0.4 is 15.2 Å². The molecule has 0 saturated heterocycles. The molecule has 0 atom stereocenters. The minimum Gasteiger partial charge on any atom is -0.494 e. The fourth-order valence-electron chi connectivity index (χ4n) is 2.39. The van der Waals surface area contributed by atoms with Gasteiger partial charge in [0.05, 0.1) is 25.6 Å². The number of ether oxygens (including phenoxy) is 2. The lowest BCUT2D eigenvalue weighted by molar-refractivity contribution is -0.144. The molecule has 7 nitrogen and oxygen atoms in total. The van der Waals surface area contributed by atoms with Crippen molar-refractivity contribution in [3.8, 4) is 28.7 Å². The van der Waals surface area contributed by atoms with E-state index in [2.05, 4.69) is 15.1 Å². The molecule has 0 aliphatic rings. The number of alkyl halides is 3. The predicted octanol–water partition coefficient (Wildman–Crippen LogP) is 3.08. The standard InChI is InChI=1S/C18H18F3N5O2/c1-27-15-8-5-13(11-23-15)26-16(24-17(25-26)18(19,20)21)12-3-6-14(7-4-12)28-10-2-9-22/h3-8,11H,2,9-10,22H2,1H3. The van der Waals surface area contributed by atoms with Crippen LogP contribution in [0.25, 0.3) is 17.1 Å². The van der Waals surface area contributed by atoms with Gasteiger partial charge in [-0.15, -0.1) is 5.10 Å². The van der Waals surface area contributed by atoms with Crippen molar-refractivity contribution in [2.24, 2.45) is 5.73 Å². The number of pyridine rings is 1. The van der Waals surface area contributed by atoms with Crippen LogP contribution in [0.15, 0.2) is 42.6 Å². The van der Waals surface area contributed by atoms with Gasteiger partial charge in [0.15, 0.2) is 5.82 Å². The average molecular weight is 393 g/mol. The summed E-state index contributed by atoms with van der Waals surface area (Å²) in [6.07, 6.45) is -2.61. The zero-order valence-corrected chi connectivity index (χ0v) is 15.0. The Labute approximate surface area is 158 Å². The minimum absolute atomic E-state index is 0.0350. The van der Waals surface area contributed by atoms with Gasteiger partial charge in [0, 0.05) is 11.6 Å². The number of nitrogens with two attached hydrogens (primary N) is 1. The van der Waals surface area contributed by atoms with Gasteiger partial charge in [0.25, 0.3) is 5.82 Å². The van der Waals surface area contributed by atoms with Gasteiger partial charge in [0.2, 0.25) is 5.88 Å². The lowest BCUT2D eigenvalue weighted by Gasteiger charge is -2.08. The first-order valence-corrected chi connectivity index (χ1v) is 8.40. The Morgan fingerprint density at radius 2 is 1.86 bits per heavy atom. The van der Waals surface area contributed by atoms with E-state index in [1.807, 2.05) is 0 Å². The smallest absolute Gasteiger partial charge is 0.453 e. The largest absolute Gasteiger partial charge is 0.494 e. The summed E-state index contributed by atoms with van der Waals surface area (Å²) in [7, 11) is 1.45. The molecule has 0 bridgehead atoms. The summed E-state index contributed by atoms with van der Waals surface area (Å²) in [4.78, 5) is 7.70. The topological polar surface area (TPSA) is 88.1 Å². The van der Waals surface area contributed by atoms with Crippen molar-refractivity contribution < 1.29 is 22.6 Å². The number of benzene rings is 1. The zero-order chi connectivity index (χ0) is 20.1. The summed E-state index contributed by atoms with van der Waals surface area (Å²) in [6, 6.07) is 9.64. The number of rotatable bonds is 7. The Bertz CT molecular complexity index is 908. The van der Waals surface area contributed by atoms with E-state index in [1.54, 1.807) is 30.3 Å². The monoisotopic (exact) mass is 393 g/mol. The van der Waals surface area contributed by atoms with Crippen LogP contribution in [0, 0.1) is 0 Å². The van der Waals surface area contributed by atoms with E-state index >= 15 is 0 Å². The second-order valence-corrected chi connectivity index (χ2v) is 5.74. The molecule has 3 rings (SSSR count). The van der Waals surface area contributed by atoms with Crippen molar-refractivity contribution in [3.05, 3.63) is 48.4 Å². The normalized spacial score (nSPS) is 11.5. The minimum atomic E-state index is -4.68. The maximum Gasteiger partial charge on any atom is 0.453 e. The van der Waals surface area contributed by atoms with E-state index in [9.17, 15) is 13.2 Å². The molecule has 2 heterocycles. The van der Waals surface area contributed by atoms with Crippen LogP contribution in [0.2, 0.25) is 0 Å². The fraction of sp³-hybridized carbons (Fsp3) is 0.278.